The van der Waals surface area contributed by atoms with E-state index in [0.717, 1.165) is 12.0 Å². The van der Waals surface area contributed by atoms with Crippen LogP contribution in [0.4, 0.5) is 0 Å². The third-order valence-corrected chi connectivity index (χ3v) is 2.93. The van der Waals surface area contributed by atoms with Crippen LogP contribution < -0.4 is 10.6 Å². The predicted molar refractivity (Wildman–Crippen MR) is 75.5 cm³/mol. The van der Waals surface area contributed by atoms with Gasteiger partial charge in [-0.15, -0.1) is 0 Å². The van der Waals surface area contributed by atoms with Crippen molar-refractivity contribution in [3.05, 3.63) is 35.4 Å². The molecule has 0 fully saturated rings. The van der Waals surface area contributed by atoms with Gasteiger partial charge in [-0.1, -0.05) is 31.2 Å². The predicted octanol–water partition coefficient (Wildman–Crippen LogP) is 1.93. The number of amides is 1. The van der Waals surface area contributed by atoms with Gasteiger partial charge in [-0.3, -0.25) is 10.1 Å². The molecule has 0 heterocycles. The lowest BCUT2D eigenvalue weighted by atomic mass is 10.0. The van der Waals surface area contributed by atoms with Gasteiger partial charge in [-0.05, 0) is 24.5 Å². The number of hydrogen-bond acceptors (Lipinski definition) is 3. The van der Waals surface area contributed by atoms with Crippen molar-refractivity contribution in [2.45, 2.75) is 39.3 Å². The Labute approximate surface area is 114 Å². The zero-order valence-corrected chi connectivity index (χ0v) is 11.7. The summed E-state index contributed by atoms with van der Waals surface area (Å²) in [4.78, 5) is 10.9. The molecule has 4 heteroatoms. The zero-order chi connectivity index (χ0) is 14.3. The van der Waals surface area contributed by atoms with Crippen LogP contribution in [0.5, 0.6) is 0 Å². The molecule has 1 rings (SSSR count). The minimum absolute atomic E-state index is 0.00302. The highest BCUT2D eigenvalue weighted by Crippen LogP contribution is 2.13. The summed E-state index contributed by atoms with van der Waals surface area (Å²) < 4.78 is 0. The fourth-order valence-corrected chi connectivity index (χ4v) is 1.88. The Kier molecular flexibility index (Phi) is 6.04. The van der Waals surface area contributed by atoms with E-state index in [2.05, 4.69) is 23.6 Å². The van der Waals surface area contributed by atoms with Crippen LogP contribution in [0.25, 0.3) is 0 Å². The Bertz CT molecular complexity index is 447. The third-order valence-electron chi connectivity index (χ3n) is 2.93. The van der Waals surface area contributed by atoms with Gasteiger partial charge in [0.15, 0.2) is 0 Å². The monoisotopic (exact) mass is 259 g/mol. The van der Waals surface area contributed by atoms with Gasteiger partial charge in [0.25, 0.3) is 0 Å². The smallest absolute Gasteiger partial charge is 0.217 e. The Hall–Kier alpha value is -1.86. The van der Waals surface area contributed by atoms with Gasteiger partial charge in [-0.2, -0.15) is 5.26 Å². The van der Waals surface area contributed by atoms with E-state index in [1.807, 2.05) is 31.2 Å². The Morgan fingerprint density at radius 2 is 2.00 bits per heavy atom. The van der Waals surface area contributed by atoms with Crippen molar-refractivity contribution in [1.29, 1.82) is 5.26 Å². The van der Waals surface area contributed by atoms with Gasteiger partial charge in [0.05, 0.1) is 6.07 Å². The number of benzene rings is 1. The van der Waals surface area contributed by atoms with Crippen LogP contribution in [-0.2, 0) is 11.2 Å². The molecule has 0 aliphatic rings. The molecule has 2 unspecified atom stereocenters. The lowest BCUT2D eigenvalue weighted by Crippen LogP contribution is -2.39. The summed E-state index contributed by atoms with van der Waals surface area (Å²) in [6.45, 7) is 6.06. The number of rotatable bonds is 6. The minimum Gasteiger partial charge on any atom is -0.353 e. The van der Waals surface area contributed by atoms with E-state index in [0.29, 0.717) is 6.54 Å². The molecule has 0 aliphatic carbocycles. The molecule has 1 amide bonds. The van der Waals surface area contributed by atoms with Crippen molar-refractivity contribution >= 4 is 5.91 Å². The second-order valence-corrected chi connectivity index (χ2v) is 4.67. The average molecular weight is 259 g/mol. The van der Waals surface area contributed by atoms with Gasteiger partial charge >= 0.3 is 0 Å². The van der Waals surface area contributed by atoms with Crippen molar-refractivity contribution < 1.29 is 4.79 Å². The largest absolute Gasteiger partial charge is 0.353 e. The zero-order valence-electron chi connectivity index (χ0n) is 11.7. The first-order valence-corrected chi connectivity index (χ1v) is 6.55. The number of nitrogens with zero attached hydrogens (tertiary/aromatic N) is 1. The van der Waals surface area contributed by atoms with Crippen molar-refractivity contribution in [2.24, 2.45) is 0 Å². The molecule has 2 atom stereocenters. The van der Waals surface area contributed by atoms with Gasteiger partial charge in [0, 0.05) is 19.5 Å². The molecular weight excluding hydrogens is 238 g/mol. The fourth-order valence-electron chi connectivity index (χ4n) is 1.88. The molecule has 2 N–H and O–H groups in total. The van der Waals surface area contributed by atoms with E-state index in [-0.39, 0.29) is 18.0 Å². The van der Waals surface area contributed by atoms with Gasteiger partial charge in [0.1, 0.15) is 6.04 Å². The van der Waals surface area contributed by atoms with Crippen LogP contribution in [0.2, 0.25) is 0 Å². The summed E-state index contributed by atoms with van der Waals surface area (Å²) in [7, 11) is 0. The molecule has 1 aromatic carbocycles. The highest BCUT2D eigenvalue weighted by atomic mass is 16.1. The molecule has 19 heavy (non-hydrogen) atoms. The molecule has 0 spiro atoms. The minimum atomic E-state index is -0.345. The first kappa shape index (κ1) is 15.2. The molecular formula is C15H21N3O. The molecule has 0 aliphatic heterocycles. The van der Waals surface area contributed by atoms with Crippen LogP contribution in [0.15, 0.2) is 24.3 Å². The molecule has 0 saturated heterocycles. The Morgan fingerprint density at radius 1 is 1.37 bits per heavy atom. The first-order chi connectivity index (χ1) is 9.06. The van der Waals surface area contributed by atoms with Crippen LogP contribution >= 0.6 is 0 Å². The molecule has 102 valence electrons. The molecule has 1 aromatic rings. The number of nitrogens with one attached hydrogen (secondary N) is 2. The van der Waals surface area contributed by atoms with Crippen molar-refractivity contribution in [3.63, 3.8) is 0 Å². The van der Waals surface area contributed by atoms with Crippen molar-refractivity contribution in [3.8, 4) is 6.07 Å². The SMILES string of the molecule is CCc1ccc(C(C#N)NCC(C)NC(C)=O)cc1. The van der Waals surface area contributed by atoms with Gasteiger partial charge in [0.2, 0.25) is 5.91 Å². The van der Waals surface area contributed by atoms with Crippen molar-refractivity contribution in [1.82, 2.24) is 10.6 Å². The topological polar surface area (TPSA) is 64.9 Å². The van der Waals surface area contributed by atoms with E-state index < -0.39 is 0 Å². The summed E-state index contributed by atoms with van der Waals surface area (Å²) in [6, 6.07) is 9.93. The maximum Gasteiger partial charge on any atom is 0.217 e. The van der Waals surface area contributed by atoms with E-state index in [1.165, 1.54) is 12.5 Å². The van der Waals surface area contributed by atoms with Crippen LogP contribution in [0.1, 0.15) is 37.9 Å². The quantitative estimate of drug-likeness (QED) is 0.820. The van der Waals surface area contributed by atoms with E-state index in [9.17, 15) is 10.1 Å². The second-order valence-electron chi connectivity index (χ2n) is 4.67. The summed E-state index contributed by atoms with van der Waals surface area (Å²) in [5.74, 6) is -0.0601. The Morgan fingerprint density at radius 3 is 2.47 bits per heavy atom. The standard InChI is InChI=1S/C15H21N3O/c1-4-13-5-7-14(8-6-13)15(9-16)17-10-11(2)18-12(3)19/h5-8,11,15,17H,4,10H2,1-3H3,(H,18,19). The maximum absolute atomic E-state index is 10.9. The maximum atomic E-state index is 10.9. The molecule has 0 bridgehead atoms. The van der Waals surface area contributed by atoms with Crippen LogP contribution in [0, 0.1) is 11.3 Å². The number of carbonyl (C=O) groups excluding carboxylic acids is 1. The fraction of sp³-hybridized carbons (Fsp3) is 0.467. The van der Waals surface area contributed by atoms with Crippen LogP contribution in [0.3, 0.4) is 0 Å². The van der Waals surface area contributed by atoms with E-state index in [1.54, 1.807) is 0 Å². The summed E-state index contributed by atoms with van der Waals surface area (Å²) >= 11 is 0. The lowest BCUT2D eigenvalue weighted by molar-refractivity contribution is -0.119. The molecule has 4 nitrogen and oxygen atoms in total. The van der Waals surface area contributed by atoms with Gasteiger partial charge in [-0.25, -0.2) is 0 Å². The van der Waals surface area contributed by atoms with E-state index >= 15 is 0 Å². The number of hydrogen-bond donors (Lipinski definition) is 2. The first-order valence-electron chi connectivity index (χ1n) is 6.55. The summed E-state index contributed by atoms with van der Waals surface area (Å²) in [5.41, 5.74) is 2.21. The number of aryl methyl sites for hydroxylation is 1. The summed E-state index contributed by atoms with van der Waals surface area (Å²) in [6.07, 6.45) is 0.991. The number of nitriles is 1. The van der Waals surface area contributed by atoms with Crippen LogP contribution in [-0.4, -0.2) is 18.5 Å². The molecule has 0 saturated carbocycles. The Balaban J connectivity index is 2.58. The second kappa shape index (κ2) is 7.55. The molecule has 0 radical (unpaired) electrons. The van der Waals surface area contributed by atoms with E-state index in [4.69, 9.17) is 0 Å². The highest BCUT2D eigenvalue weighted by Gasteiger charge is 2.11. The number of carbonyl (C=O) groups is 1. The highest BCUT2D eigenvalue weighted by molar-refractivity contribution is 5.73. The lowest BCUT2D eigenvalue weighted by Gasteiger charge is -2.17. The normalized spacial score (nSPS) is 13.4. The molecule has 0 aromatic heterocycles. The third kappa shape index (κ3) is 5.11. The average Bonchev–Trinajstić information content (AvgIpc) is 2.39. The summed E-state index contributed by atoms with van der Waals surface area (Å²) in [5, 5.41) is 15.1. The van der Waals surface area contributed by atoms with Gasteiger partial charge < -0.3 is 5.32 Å². The van der Waals surface area contributed by atoms with Crippen molar-refractivity contribution in [2.75, 3.05) is 6.54 Å².